The van der Waals surface area contributed by atoms with E-state index >= 15 is 0 Å². The summed E-state index contributed by atoms with van der Waals surface area (Å²) in [5.41, 5.74) is 2.68. The molecule has 2 heterocycles. The van der Waals surface area contributed by atoms with Crippen LogP contribution in [0, 0.1) is 13.8 Å². The Bertz CT molecular complexity index is 604. The Balaban J connectivity index is 2.32. The molecule has 5 heteroatoms. The lowest BCUT2D eigenvalue weighted by atomic mass is 10.1. The van der Waals surface area contributed by atoms with Crippen LogP contribution >= 0.6 is 0 Å². The Hall–Kier alpha value is -2.30. The third kappa shape index (κ3) is 2.76. The molecule has 2 rings (SSSR count). The van der Waals surface area contributed by atoms with Crippen molar-refractivity contribution in [3.8, 4) is 0 Å². The fourth-order valence-corrected chi connectivity index (χ4v) is 1.94. The first-order chi connectivity index (χ1) is 8.99. The highest BCUT2D eigenvalue weighted by Gasteiger charge is 2.15. The molecule has 100 valence electrons. The number of pyridine rings is 1. The molecule has 0 fully saturated rings. The van der Waals surface area contributed by atoms with Crippen molar-refractivity contribution in [3.63, 3.8) is 0 Å². The van der Waals surface area contributed by atoms with E-state index in [0.717, 1.165) is 17.0 Å². The predicted octanol–water partition coefficient (Wildman–Crippen LogP) is 2.63. The quantitative estimate of drug-likeness (QED) is 0.915. The zero-order valence-electron chi connectivity index (χ0n) is 11.2. The first-order valence-corrected chi connectivity index (χ1v) is 5.93. The first kappa shape index (κ1) is 13.1. The third-order valence-electron chi connectivity index (χ3n) is 3.03. The minimum absolute atomic E-state index is 0.203. The normalized spacial score (nSPS) is 10.5. The van der Waals surface area contributed by atoms with Gasteiger partial charge in [-0.3, -0.25) is 4.98 Å². The second-order valence-corrected chi connectivity index (χ2v) is 4.51. The van der Waals surface area contributed by atoms with E-state index in [0.29, 0.717) is 12.2 Å². The molecule has 0 aliphatic carbocycles. The zero-order chi connectivity index (χ0) is 14.0. The molecule has 1 N–H and O–H groups in total. The molecule has 0 amide bonds. The molecule has 0 saturated heterocycles. The fourth-order valence-electron chi connectivity index (χ4n) is 1.94. The molecule has 0 aromatic carbocycles. The van der Waals surface area contributed by atoms with Crippen LogP contribution in [0.5, 0.6) is 0 Å². The van der Waals surface area contributed by atoms with E-state index in [1.54, 1.807) is 12.3 Å². The highest BCUT2D eigenvalue weighted by molar-refractivity contribution is 5.94. The van der Waals surface area contributed by atoms with E-state index < -0.39 is 5.97 Å². The number of aromatic carboxylic acids is 1. The first-order valence-electron chi connectivity index (χ1n) is 5.93. The van der Waals surface area contributed by atoms with Crippen LogP contribution in [0.15, 0.2) is 29.0 Å². The van der Waals surface area contributed by atoms with E-state index in [4.69, 9.17) is 4.42 Å². The van der Waals surface area contributed by atoms with Gasteiger partial charge in [0, 0.05) is 31.0 Å². The maximum Gasteiger partial charge on any atom is 0.339 e. The summed E-state index contributed by atoms with van der Waals surface area (Å²) in [7, 11) is 1.85. The van der Waals surface area contributed by atoms with Crippen molar-refractivity contribution in [2.24, 2.45) is 0 Å². The number of aryl methyl sites for hydroxylation is 2. The van der Waals surface area contributed by atoms with Crippen molar-refractivity contribution in [2.75, 3.05) is 11.9 Å². The molecule has 0 atom stereocenters. The summed E-state index contributed by atoms with van der Waals surface area (Å²) >= 11 is 0. The van der Waals surface area contributed by atoms with E-state index in [1.807, 2.05) is 31.9 Å². The van der Waals surface area contributed by atoms with E-state index in [-0.39, 0.29) is 5.56 Å². The third-order valence-corrected chi connectivity index (χ3v) is 3.03. The van der Waals surface area contributed by atoms with Crippen LogP contribution in [0.25, 0.3) is 0 Å². The number of hydrogen-bond donors (Lipinski definition) is 1. The Morgan fingerprint density at radius 2 is 2.21 bits per heavy atom. The molecule has 0 aliphatic rings. The number of anilines is 1. The summed E-state index contributed by atoms with van der Waals surface area (Å²) in [6, 6.07) is 3.67. The van der Waals surface area contributed by atoms with Gasteiger partial charge in [0.05, 0.1) is 12.0 Å². The minimum Gasteiger partial charge on any atom is -0.478 e. The van der Waals surface area contributed by atoms with E-state index in [2.05, 4.69) is 4.98 Å². The lowest BCUT2D eigenvalue weighted by Gasteiger charge is -2.21. The molecule has 2 aromatic heterocycles. The Kier molecular flexibility index (Phi) is 3.55. The molecule has 0 bridgehead atoms. The van der Waals surface area contributed by atoms with Gasteiger partial charge < -0.3 is 14.4 Å². The van der Waals surface area contributed by atoms with E-state index in [1.165, 1.54) is 6.20 Å². The zero-order valence-corrected chi connectivity index (χ0v) is 11.2. The van der Waals surface area contributed by atoms with Crippen LogP contribution < -0.4 is 4.90 Å². The van der Waals surface area contributed by atoms with Gasteiger partial charge in [-0.2, -0.15) is 0 Å². The lowest BCUT2D eigenvalue weighted by molar-refractivity contribution is 0.0697. The van der Waals surface area contributed by atoms with Crippen molar-refractivity contribution in [2.45, 2.75) is 20.4 Å². The molecule has 0 spiro atoms. The van der Waals surface area contributed by atoms with Gasteiger partial charge in [-0.25, -0.2) is 4.79 Å². The second kappa shape index (κ2) is 5.14. The van der Waals surface area contributed by atoms with Crippen LogP contribution in [-0.4, -0.2) is 23.1 Å². The Morgan fingerprint density at radius 1 is 1.47 bits per heavy atom. The number of hydrogen-bond acceptors (Lipinski definition) is 4. The van der Waals surface area contributed by atoms with Gasteiger partial charge in [0.25, 0.3) is 0 Å². The number of aromatic nitrogens is 1. The summed E-state index contributed by atoms with van der Waals surface area (Å²) in [5.74, 6) is -0.132. The number of nitrogens with zero attached hydrogens (tertiary/aromatic N) is 2. The summed E-state index contributed by atoms with van der Waals surface area (Å²) < 4.78 is 5.25. The number of rotatable bonds is 4. The molecule has 2 aromatic rings. The highest BCUT2D eigenvalue weighted by atomic mass is 16.4. The van der Waals surface area contributed by atoms with Gasteiger partial charge >= 0.3 is 5.97 Å². The van der Waals surface area contributed by atoms with Crippen molar-refractivity contribution in [1.29, 1.82) is 0 Å². The van der Waals surface area contributed by atoms with Gasteiger partial charge in [0.15, 0.2) is 0 Å². The van der Waals surface area contributed by atoms with Crippen molar-refractivity contribution in [3.05, 3.63) is 47.2 Å². The number of carboxylic acids is 1. The second-order valence-electron chi connectivity index (χ2n) is 4.51. The van der Waals surface area contributed by atoms with Crippen molar-refractivity contribution < 1.29 is 14.3 Å². The van der Waals surface area contributed by atoms with Crippen LogP contribution in [0.4, 0.5) is 5.69 Å². The number of furan rings is 1. The maximum atomic E-state index is 11.2. The standard InChI is InChI=1S/C14H16N2O3/c1-9-6-13(12(7-15-9)14(17)18)16(3)8-11-4-5-19-10(11)2/h4-7H,8H2,1-3H3,(H,17,18). The maximum absolute atomic E-state index is 11.2. The minimum atomic E-state index is -0.974. The average Bonchev–Trinajstić information content (AvgIpc) is 2.74. The number of carbonyl (C=O) groups is 1. The van der Waals surface area contributed by atoms with E-state index in [9.17, 15) is 9.90 Å². The van der Waals surface area contributed by atoms with Crippen LogP contribution in [0.3, 0.4) is 0 Å². The molecule has 0 radical (unpaired) electrons. The van der Waals surface area contributed by atoms with Gasteiger partial charge in [0.2, 0.25) is 0 Å². The van der Waals surface area contributed by atoms with Gasteiger partial charge in [-0.05, 0) is 26.0 Å². The Morgan fingerprint density at radius 3 is 2.79 bits per heavy atom. The van der Waals surface area contributed by atoms with Crippen LogP contribution in [0.2, 0.25) is 0 Å². The van der Waals surface area contributed by atoms with Crippen molar-refractivity contribution >= 4 is 11.7 Å². The lowest BCUT2D eigenvalue weighted by Crippen LogP contribution is -2.20. The average molecular weight is 260 g/mol. The summed E-state index contributed by atoms with van der Waals surface area (Å²) in [5, 5.41) is 9.20. The molecule has 19 heavy (non-hydrogen) atoms. The molecular formula is C14H16N2O3. The predicted molar refractivity (Wildman–Crippen MR) is 71.5 cm³/mol. The monoisotopic (exact) mass is 260 g/mol. The molecule has 0 unspecified atom stereocenters. The molecular weight excluding hydrogens is 244 g/mol. The number of carboxylic acid groups (broad SMARTS) is 1. The van der Waals surface area contributed by atoms with Gasteiger partial charge in [0.1, 0.15) is 11.3 Å². The fraction of sp³-hybridized carbons (Fsp3) is 0.286. The SMILES string of the molecule is Cc1cc(N(C)Cc2ccoc2C)c(C(=O)O)cn1. The smallest absolute Gasteiger partial charge is 0.339 e. The molecule has 5 nitrogen and oxygen atoms in total. The largest absolute Gasteiger partial charge is 0.478 e. The summed E-state index contributed by atoms with van der Waals surface area (Å²) in [6.07, 6.45) is 3.03. The van der Waals surface area contributed by atoms with Gasteiger partial charge in [-0.15, -0.1) is 0 Å². The highest BCUT2D eigenvalue weighted by Crippen LogP contribution is 2.22. The summed E-state index contributed by atoms with van der Waals surface area (Å²) in [6.45, 7) is 4.32. The topological polar surface area (TPSA) is 66.6 Å². The van der Waals surface area contributed by atoms with Crippen molar-refractivity contribution in [1.82, 2.24) is 4.98 Å². The van der Waals surface area contributed by atoms with Crippen LogP contribution in [-0.2, 0) is 6.54 Å². The molecule has 0 saturated carbocycles. The van der Waals surface area contributed by atoms with Gasteiger partial charge in [-0.1, -0.05) is 0 Å². The Labute approximate surface area is 111 Å². The van der Waals surface area contributed by atoms with Crippen LogP contribution in [0.1, 0.15) is 27.4 Å². The molecule has 0 aliphatic heterocycles. The summed E-state index contributed by atoms with van der Waals surface area (Å²) in [4.78, 5) is 17.1.